The van der Waals surface area contributed by atoms with E-state index in [1.807, 2.05) is 13.8 Å². The molecule has 0 aromatic rings. The minimum Gasteiger partial charge on any atom is -0.342 e. The van der Waals surface area contributed by atoms with Crippen LogP contribution < -0.4 is 5.32 Å². The Bertz CT molecular complexity index is 525. The summed E-state index contributed by atoms with van der Waals surface area (Å²) in [6.07, 6.45) is 3.59. The summed E-state index contributed by atoms with van der Waals surface area (Å²) in [6.45, 7) is 4.10. The second-order valence-corrected chi connectivity index (χ2v) is 8.89. The number of carbonyl (C=O) groups excluding carboxylic acids is 2. The molecule has 2 fully saturated rings. The van der Waals surface area contributed by atoms with Gasteiger partial charge in [-0.3, -0.25) is 9.59 Å². The normalized spacial score (nSPS) is 27.1. The van der Waals surface area contributed by atoms with Crippen LogP contribution in [0.5, 0.6) is 0 Å². The van der Waals surface area contributed by atoms with Gasteiger partial charge in [0.1, 0.15) is 21.9 Å². The van der Waals surface area contributed by atoms with Crippen molar-refractivity contribution in [1.29, 1.82) is 0 Å². The number of amides is 2. The average molecular weight is 316 g/mol. The minimum atomic E-state index is -3.16. The van der Waals surface area contributed by atoms with Crippen molar-refractivity contribution in [3.05, 3.63) is 0 Å². The summed E-state index contributed by atoms with van der Waals surface area (Å²) in [5.41, 5.74) is 0. The van der Waals surface area contributed by atoms with E-state index < -0.39 is 21.9 Å². The lowest BCUT2D eigenvalue weighted by Crippen LogP contribution is -2.64. The Morgan fingerprint density at radius 3 is 2.38 bits per heavy atom. The van der Waals surface area contributed by atoms with E-state index in [0.29, 0.717) is 6.42 Å². The molecule has 0 aromatic carbocycles. The topological polar surface area (TPSA) is 83.6 Å². The van der Waals surface area contributed by atoms with Crippen molar-refractivity contribution in [3.63, 3.8) is 0 Å². The number of hydrogen-bond acceptors (Lipinski definition) is 4. The van der Waals surface area contributed by atoms with Crippen molar-refractivity contribution in [2.75, 3.05) is 18.6 Å². The van der Waals surface area contributed by atoms with Gasteiger partial charge in [-0.1, -0.05) is 13.8 Å². The van der Waals surface area contributed by atoms with Crippen molar-refractivity contribution in [1.82, 2.24) is 10.2 Å². The third-order valence-electron chi connectivity index (χ3n) is 3.98. The molecule has 0 aromatic heterocycles. The maximum Gasteiger partial charge on any atom is 0.245 e. The van der Waals surface area contributed by atoms with Crippen molar-refractivity contribution in [3.8, 4) is 0 Å². The smallest absolute Gasteiger partial charge is 0.245 e. The lowest BCUT2D eigenvalue weighted by molar-refractivity contribution is -0.150. The van der Waals surface area contributed by atoms with E-state index >= 15 is 0 Å². The van der Waals surface area contributed by atoms with Gasteiger partial charge in [-0.15, -0.1) is 0 Å². The number of nitrogens with one attached hydrogen (secondary N) is 1. The summed E-state index contributed by atoms with van der Waals surface area (Å²) in [6, 6.07) is -1.00. The van der Waals surface area contributed by atoms with E-state index in [-0.39, 0.29) is 35.9 Å². The van der Waals surface area contributed by atoms with Gasteiger partial charge in [0.2, 0.25) is 11.8 Å². The highest BCUT2D eigenvalue weighted by Crippen LogP contribution is 2.37. The quantitative estimate of drug-likeness (QED) is 0.758. The molecular weight excluding hydrogens is 292 g/mol. The molecule has 1 saturated carbocycles. The molecule has 2 unspecified atom stereocenters. The number of rotatable bonds is 6. The monoisotopic (exact) mass is 316 g/mol. The SMILES string of the molecule is CC(C)CC1NC(=O)C(C2CC2)N(CCS(C)(=O)=O)C1=O. The maximum absolute atomic E-state index is 12.6. The first-order valence-corrected chi connectivity index (χ1v) is 9.53. The van der Waals surface area contributed by atoms with E-state index in [1.165, 1.54) is 4.90 Å². The fraction of sp³-hybridized carbons (Fsp3) is 0.857. The zero-order valence-electron chi connectivity index (χ0n) is 12.8. The molecule has 1 saturated heterocycles. The summed E-state index contributed by atoms with van der Waals surface area (Å²) in [5, 5.41) is 2.82. The first-order valence-electron chi connectivity index (χ1n) is 7.47. The molecule has 6 nitrogen and oxygen atoms in total. The molecule has 7 heteroatoms. The van der Waals surface area contributed by atoms with Gasteiger partial charge in [0, 0.05) is 12.8 Å². The van der Waals surface area contributed by atoms with Gasteiger partial charge in [0.05, 0.1) is 5.75 Å². The van der Waals surface area contributed by atoms with Crippen LogP contribution in [-0.4, -0.2) is 55.8 Å². The first kappa shape index (κ1) is 16.3. The molecule has 0 spiro atoms. The standard InChI is InChI=1S/C14H24N2O4S/c1-9(2)8-11-14(18)16(6-7-21(3,19)20)12(10-4-5-10)13(17)15-11/h9-12H,4-8H2,1-3H3,(H,15,17). The molecule has 21 heavy (non-hydrogen) atoms. The Morgan fingerprint density at radius 1 is 1.29 bits per heavy atom. The molecular formula is C14H24N2O4S. The van der Waals surface area contributed by atoms with Crippen LogP contribution in [-0.2, 0) is 19.4 Å². The molecule has 2 atom stereocenters. The molecule has 1 N–H and O–H groups in total. The van der Waals surface area contributed by atoms with E-state index in [1.54, 1.807) is 0 Å². The maximum atomic E-state index is 12.6. The number of carbonyl (C=O) groups is 2. The highest BCUT2D eigenvalue weighted by atomic mass is 32.2. The van der Waals surface area contributed by atoms with Crippen molar-refractivity contribution in [2.45, 2.75) is 45.2 Å². The first-order chi connectivity index (χ1) is 9.69. The molecule has 120 valence electrons. The van der Waals surface area contributed by atoms with Crippen LogP contribution >= 0.6 is 0 Å². The minimum absolute atomic E-state index is 0.0936. The predicted molar refractivity (Wildman–Crippen MR) is 79.3 cm³/mol. The fourth-order valence-electron chi connectivity index (χ4n) is 2.82. The summed E-state index contributed by atoms with van der Waals surface area (Å²) in [7, 11) is -3.16. The summed E-state index contributed by atoms with van der Waals surface area (Å²) < 4.78 is 22.8. The van der Waals surface area contributed by atoms with Crippen LogP contribution in [0.4, 0.5) is 0 Å². The van der Waals surface area contributed by atoms with Crippen LogP contribution in [0, 0.1) is 11.8 Å². The Balaban J connectivity index is 2.15. The molecule has 0 radical (unpaired) electrons. The number of hydrogen-bond donors (Lipinski definition) is 1. The molecule has 2 aliphatic rings. The van der Waals surface area contributed by atoms with Gasteiger partial charge in [-0.05, 0) is 31.1 Å². The summed E-state index contributed by atoms with van der Waals surface area (Å²) >= 11 is 0. The molecule has 2 rings (SSSR count). The fourth-order valence-corrected chi connectivity index (χ4v) is 3.35. The highest BCUT2D eigenvalue weighted by Gasteiger charge is 2.47. The zero-order chi connectivity index (χ0) is 15.8. The van der Waals surface area contributed by atoms with Gasteiger partial charge >= 0.3 is 0 Å². The molecule has 2 amide bonds. The second kappa shape index (κ2) is 5.94. The van der Waals surface area contributed by atoms with Gasteiger partial charge in [0.25, 0.3) is 0 Å². The van der Waals surface area contributed by atoms with Crippen molar-refractivity contribution >= 4 is 21.7 Å². The lowest BCUT2D eigenvalue weighted by atomic mass is 9.97. The Morgan fingerprint density at radius 2 is 1.90 bits per heavy atom. The van der Waals surface area contributed by atoms with Crippen LogP contribution in [0.3, 0.4) is 0 Å². The third-order valence-corrected chi connectivity index (χ3v) is 4.90. The molecule has 1 aliphatic heterocycles. The van der Waals surface area contributed by atoms with Gasteiger partial charge < -0.3 is 10.2 Å². The largest absolute Gasteiger partial charge is 0.342 e. The molecule has 0 bridgehead atoms. The Labute approximate surface area is 126 Å². The van der Waals surface area contributed by atoms with E-state index in [0.717, 1.165) is 19.1 Å². The number of sulfone groups is 1. The van der Waals surface area contributed by atoms with Crippen molar-refractivity contribution in [2.24, 2.45) is 11.8 Å². The zero-order valence-corrected chi connectivity index (χ0v) is 13.6. The summed E-state index contributed by atoms with van der Waals surface area (Å²) in [5.74, 6) is 0.117. The van der Waals surface area contributed by atoms with Gasteiger partial charge in [-0.25, -0.2) is 8.42 Å². The van der Waals surface area contributed by atoms with Crippen molar-refractivity contribution < 1.29 is 18.0 Å². The van der Waals surface area contributed by atoms with Gasteiger partial charge in [0.15, 0.2) is 0 Å². The van der Waals surface area contributed by atoms with E-state index in [9.17, 15) is 18.0 Å². The average Bonchev–Trinajstić information content (AvgIpc) is 3.13. The third kappa shape index (κ3) is 4.18. The molecule has 1 heterocycles. The van der Waals surface area contributed by atoms with Gasteiger partial charge in [-0.2, -0.15) is 0 Å². The second-order valence-electron chi connectivity index (χ2n) is 6.63. The lowest BCUT2D eigenvalue weighted by Gasteiger charge is -2.39. The number of piperazine rings is 1. The van der Waals surface area contributed by atoms with E-state index in [4.69, 9.17) is 0 Å². The van der Waals surface area contributed by atoms with Crippen LogP contribution in [0.15, 0.2) is 0 Å². The van der Waals surface area contributed by atoms with E-state index in [2.05, 4.69) is 5.32 Å². The van der Waals surface area contributed by atoms with Crippen LogP contribution in [0.25, 0.3) is 0 Å². The highest BCUT2D eigenvalue weighted by molar-refractivity contribution is 7.90. The Kier molecular flexibility index (Phi) is 4.60. The molecule has 1 aliphatic carbocycles. The Hall–Kier alpha value is -1.11. The predicted octanol–water partition coefficient (Wildman–Crippen LogP) is 0.183. The van der Waals surface area contributed by atoms with Crippen LogP contribution in [0.1, 0.15) is 33.1 Å². The van der Waals surface area contributed by atoms with Crippen LogP contribution in [0.2, 0.25) is 0 Å². The number of nitrogens with zero attached hydrogens (tertiary/aromatic N) is 1. The summed E-state index contributed by atoms with van der Waals surface area (Å²) in [4.78, 5) is 26.4.